The van der Waals surface area contributed by atoms with E-state index in [1.165, 1.54) is 24.5 Å². The first kappa shape index (κ1) is 19.2. The molecule has 3 heterocycles. The highest BCUT2D eigenvalue weighted by atomic mass is 19.1. The molecule has 160 valence electrons. The summed E-state index contributed by atoms with van der Waals surface area (Å²) in [6.45, 7) is 4.92. The van der Waals surface area contributed by atoms with E-state index < -0.39 is 0 Å². The predicted octanol–water partition coefficient (Wildman–Crippen LogP) is 5.35. The zero-order chi connectivity index (χ0) is 21.9. The van der Waals surface area contributed by atoms with Crippen LogP contribution in [0.25, 0.3) is 16.7 Å². The molecule has 1 aliphatic heterocycles. The molecule has 1 aliphatic carbocycles. The summed E-state index contributed by atoms with van der Waals surface area (Å²) in [4.78, 5) is 7.04. The lowest BCUT2D eigenvalue weighted by molar-refractivity contribution is 0.629. The Balaban J connectivity index is 1.54. The van der Waals surface area contributed by atoms with Crippen molar-refractivity contribution in [3.8, 4) is 11.8 Å². The molecular weight excluding hydrogens is 401 g/mol. The van der Waals surface area contributed by atoms with E-state index >= 15 is 0 Å². The summed E-state index contributed by atoms with van der Waals surface area (Å²) in [5, 5.41) is 9.20. The third-order valence-corrected chi connectivity index (χ3v) is 6.95. The van der Waals surface area contributed by atoms with Crippen molar-refractivity contribution in [2.75, 3.05) is 11.4 Å². The van der Waals surface area contributed by atoms with Crippen LogP contribution in [-0.2, 0) is 6.42 Å². The summed E-state index contributed by atoms with van der Waals surface area (Å²) in [6.07, 6.45) is 5.49. The monoisotopic (exact) mass is 425 g/mol. The van der Waals surface area contributed by atoms with E-state index in [0.717, 1.165) is 59.6 Å². The van der Waals surface area contributed by atoms with Crippen LogP contribution >= 0.6 is 0 Å². The van der Waals surface area contributed by atoms with Gasteiger partial charge in [0.25, 0.3) is 5.78 Å². The van der Waals surface area contributed by atoms with E-state index in [4.69, 9.17) is 4.98 Å². The van der Waals surface area contributed by atoms with Crippen molar-refractivity contribution >= 4 is 28.2 Å². The fourth-order valence-corrected chi connectivity index (χ4v) is 4.83. The minimum Gasteiger partial charge on any atom is -0.325 e. The summed E-state index contributed by atoms with van der Waals surface area (Å²) >= 11 is 0. The third-order valence-electron chi connectivity index (χ3n) is 6.95. The predicted molar refractivity (Wildman–Crippen MR) is 124 cm³/mol. The molecule has 6 heteroatoms. The molecule has 6 rings (SSSR count). The van der Waals surface area contributed by atoms with E-state index in [1.54, 1.807) is 12.1 Å². The quantitative estimate of drug-likeness (QED) is 0.406. The van der Waals surface area contributed by atoms with Gasteiger partial charge in [0.15, 0.2) is 0 Å². The fraction of sp³-hybridized carbons (Fsp3) is 0.346. The van der Waals surface area contributed by atoms with Gasteiger partial charge in [-0.25, -0.2) is 4.39 Å². The highest BCUT2D eigenvalue weighted by molar-refractivity contribution is 5.94. The highest BCUT2D eigenvalue weighted by Gasteiger charge is 2.38. The van der Waals surface area contributed by atoms with E-state index in [-0.39, 0.29) is 11.2 Å². The molecule has 2 aromatic carbocycles. The Labute approximate surface area is 186 Å². The summed E-state index contributed by atoms with van der Waals surface area (Å²) in [7, 11) is 0. The van der Waals surface area contributed by atoms with E-state index in [2.05, 4.69) is 52.1 Å². The Bertz CT molecular complexity index is 1440. The molecule has 0 N–H and O–H groups in total. The van der Waals surface area contributed by atoms with Gasteiger partial charge in [-0.05, 0) is 74.9 Å². The maximum absolute atomic E-state index is 14.3. The topological polar surface area (TPSA) is 46.3 Å². The molecule has 1 fully saturated rings. The molecule has 0 radical (unpaired) electrons. The van der Waals surface area contributed by atoms with Gasteiger partial charge < -0.3 is 4.90 Å². The van der Waals surface area contributed by atoms with Crippen LogP contribution in [0.15, 0.2) is 36.4 Å². The van der Waals surface area contributed by atoms with E-state index in [1.807, 2.05) is 11.3 Å². The maximum Gasteiger partial charge on any atom is 0.257 e. The number of fused-ring (bicyclic) bond motifs is 4. The van der Waals surface area contributed by atoms with Crippen LogP contribution < -0.4 is 4.90 Å². The molecular formula is C26H24FN5. The number of hydrogen-bond donors (Lipinski definition) is 0. The smallest absolute Gasteiger partial charge is 0.257 e. The number of hydrogen-bond acceptors (Lipinski definition) is 4. The van der Waals surface area contributed by atoms with Crippen LogP contribution in [0.4, 0.5) is 15.9 Å². The van der Waals surface area contributed by atoms with Crippen LogP contribution in [0.3, 0.4) is 0 Å². The molecule has 5 nitrogen and oxygen atoms in total. The molecule has 0 amide bonds. The molecule has 2 aromatic heterocycles. The Morgan fingerprint density at radius 3 is 2.84 bits per heavy atom. The second-order valence-electron chi connectivity index (χ2n) is 8.92. The van der Waals surface area contributed by atoms with Crippen LogP contribution in [0.1, 0.15) is 49.6 Å². The normalized spacial score (nSPS) is 16.7. The lowest BCUT2D eigenvalue weighted by Gasteiger charge is -2.32. The van der Waals surface area contributed by atoms with Gasteiger partial charge in [-0.2, -0.15) is 4.98 Å². The third kappa shape index (κ3) is 2.96. The number of benzene rings is 2. The minimum atomic E-state index is -0.281. The van der Waals surface area contributed by atoms with Crippen LogP contribution in [0.5, 0.6) is 0 Å². The summed E-state index contributed by atoms with van der Waals surface area (Å²) < 4.78 is 16.2. The molecule has 0 spiro atoms. The minimum absolute atomic E-state index is 0.225. The lowest BCUT2D eigenvalue weighted by atomic mass is 9.95. The second kappa shape index (κ2) is 7.03. The fourth-order valence-electron chi connectivity index (χ4n) is 4.83. The molecule has 0 atom stereocenters. The largest absolute Gasteiger partial charge is 0.325 e. The zero-order valence-electron chi connectivity index (χ0n) is 18.3. The lowest BCUT2D eigenvalue weighted by Crippen LogP contribution is -2.26. The summed E-state index contributed by atoms with van der Waals surface area (Å²) in [6, 6.07) is 11.1. The first-order valence-corrected chi connectivity index (χ1v) is 11.3. The molecule has 32 heavy (non-hydrogen) atoms. The van der Waals surface area contributed by atoms with Crippen molar-refractivity contribution in [3.63, 3.8) is 0 Å². The van der Waals surface area contributed by atoms with Crippen molar-refractivity contribution < 1.29 is 4.39 Å². The number of halogens is 1. The first-order chi connectivity index (χ1) is 15.6. The van der Waals surface area contributed by atoms with Gasteiger partial charge in [0, 0.05) is 28.6 Å². The van der Waals surface area contributed by atoms with Crippen LogP contribution in [0, 0.1) is 30.0 Å². The van der Waals surface area contributed by atoms with Gasteiger partial charge in [0.2, 0.25) is 0 Å². The van der Waals surface area contributed by atoms with Gasteiger partial charge in [-0.1, -0.05) is 24.8 Å². The average molecular weight is 426 g/mol. The Morgan fingerprint density at radius 1 is 1.16 bits per heavy atom. The summed E-state index contributed by atoms with van der Waals surface area (Å²) in [5.74, 6) is 8.74. The van der Waals surface area contributed by atoms with Gasteiger partial charge >= 0.3 is 0 Å². The molecule has 1 saturated carbocycles. The van der Waals surface area contributed by atoms with Crippen LogP contribution in [0.2, 0.25) is 0 Å². The number of anilines is 2. The number of aromatic nitrogens is 4. The van der Waals surface area contributed by atoms with Gasteiger partial charge in [-0.3, -0.25) is 4.40 Å². The highest BCUT2D eigenvalue weighted by Crippen LogP contribution is 2.48. The molecule has 0 unspecified atom stereocenters. The van der Waals surface area contributed by atoms with Crippen molar-refractivity contribution in [2.45, 2.75) is 46.0 Å². The second-order valence-corrected chi connectivity index (χ2v) is 8.92. The number of aryl methyl sites for hydroxylation is 1. The van der Waals surface area contributed by atoms with Gasteiger partial charge in [0.05, 0.1) is 5.52 Å². The van der Waals surface area contributed by atoms with Crippen molar-refractivity contribution in [1.82, 2.24) is 19.6 Å². The van der Waals surface area contributed by atoms with Crippen molar-refractivity contribution in [2.24, 2.45) is 5.41 Å². The first-order valence-electron chi connectivity index (χ1n) is 11.3. The Hall–Kier alpha value is -3.46. The molecule has 4 aromatic rings. The molecule has 0 saturated heterocycles. The molecule has 0 bridgehead atoms. The van der Waals surface area contributed by atoms with Crippen molar-refractivity contribution in [1.29, 1.82) is 0 Å². The van der Waals surface area contributed by atoms with Crippen LogP contribution in [-0.4, -0.2) is 26.1 Å². The Morgan fingerprint density at radius 2 is 2.03 bits per heavy atom. The van der Waals surface area contributed by atoms with Gasteiger partial charge in [0.1, 0.15) is 17.5 Å². The SMILES string of the molecule is CCC1(C#Cc2cccc3c2CCCN3c2nc3nnc(C)n3c3ccc(F)cc23)CC1. The van der Waals surface area contributed by atoms with E-state index in [9.17, 15) is 4.39 Å². The Kier molecular flexibility index (Phi) is 4.23. The zero-order valence-corrected chi connectivity index (χ0v) is 18.3. The standard InChI is InChI=1S/C26H24FN5/c1-3-26(13-14-26)12-11-18-6-4-8-22-20(18)7-5-15-31(22)24-21-16-19(27)9-10-23(21)32-17(2)29-30-25(32)28-24/h4,6,8-10,16H,3,5,7,13-15H2,1-2H3. The maximum atomic E-state index is 14.3. The average Bonchev–Trinajstić information content (AvgIpc) is 3.51. The number of nitrogens with zero attached hydrogens (tertiary/aromatic N) is 5. The summed E-state index contributed by atoms with van der Waals surface area (Å²) in [5.41, 5.74) is 4.53. The van der Waals surface area contributed by atoms with Gasteiger partial charge in [-0.15, -0.1) is 10.2 Å². The van der Waals surface area contributed by atoms with E-state index in [0.29, 0.717) is 5.78 Å². The molecule has 2 aliphatic rings. The number of rotatable bonds is 2. The van der Waals surface area contributed by atoms with Crippen molar-refractivity contribution in [3.05, 3.63) is 59.2 Å².